The molecule has 3 rings (SSSR count). The third-order valence-corrected chi connectivity index (χ3v) is 6.30. The van der Waals surface area contributed by atoms with E-state index in [0.717, 1.165) is 51.6 Å². The maximum Gasteiger partial charge on any atom is 0.306 e. The van der Waals surface area contributed by atoms with Gasteiger partial charge in [0.25, 0.3) is 5.91 Å². The number of piperidine rings is 1. The van der Waals surface area contributed by atoms with Crippen molar-refractivity contribution in [2.75, 3.05) is 19.7 Å². The molecule has 1 saturated carbocycles. The number of esters is 1. The molecule has 1 aromatic carbocycles. The summed E-state index contributed by atoms with van der Waals surface area (Å²) in [7, 11) is 0. The van der Waals surface area contributed by atoms with Crippen LogP contribution in [0.25, 0.3) is 0 Å². The molecule has 0 aromatic heterocycles. The van der Waals surface area contributed by atoms with Gasteiger partial charge in [-0.25, -0.2) is 0 Å². The number of rotatable bonds is 4. The lowest BCUT2D eigenvalue weighted by atomic mass is 9.65. The van der Waals surface area contributed by atoms with Crippen LogP contribution in [0.3, 0.4) is 0 Å². The second kappa shape index (κ2) is 8.56. The van der Waals surface area contributed by atoms with Gasteiger partial charge in [0.15, 0.2) is 0 Å². The molecule has 1 heterocycles. The third-order valence-electron chi connectivity index (χ3n) is 6.30. The number of nitriles is 1. The Hall–Kier alpha value is -2.35. The third kappa shape index (κ3) is 4.68. The second-order valence-corrected chi connectivity index (χ2v) is 7.93. The van der Waals surface area contributed by atoms with Crippen molar-refractivity contribution in [3.63, 3.8) is 0 Å². The number of amides is 1. The summed E-state index contributed by atoms with van der Waals surface area (Å²) in [6.07, 6.45) is 7.10. The zero-order valence-electron chi connectivity index (χ0n) is 16.1. The van der Waals surface area contributed by atoms with Gasteiger partial charge in [-0.2, -0.15) is 5.26 Å². The Balaban J connectivity index is 1.49. The maximum absolute atomic E-state index is 12.7. The van der Waals surface area contributed by atoms with E-state index in [9.17, 15) is 9.59 Å². The highest BCUT2D eigenvalue weighted by molar-refractivity contribution is 5.94. The van der Waals surface area contributed by atoms with Crippen molar-refractivity contribution in [2.45, 2.75) is 51.9 Å². The SMILES string of the molecule is CCOC(=O)CC1CCC2(CC1)CCN(C(=O)c1ccc(C#N)cc1)CC2. The minimum absolute atomic E-state index is 0.0605. The molecular formula is C22H28N2O3. The number of hydrogen-bond donors (Lipinski definition) is 0. The largest absolute Gasteiger partial charge is 0.466 e. The summed E-state index contributed by atoms with van der Waals surface area (Å²) in [5, 5.41) is 8.88. The highest BCUT2D eigenvalue weighted by Gasteiger charge is 2.39. The van der Waals surface area contributed by atoms with Crippen molar-refractivity contribution in [3.05, 3.63) is 35.4 Å². The molecule has 0 N–H and O–H groups in total. The van der Waals surface area contributed by atoms with E-state index in [-0.39, 0.29) is 11.9 Å². The highest BCUT2D eigenvalue weighted by Crippen LogP contribution is 2.47. The number of nitrogens with zero attached hydrogens (tertiary/aromatic N) is 2. The molecule has 0 radical (unpaired) electrons. The van der Waals surface area contributed by atoms with Gasteiger partial charge in [0, 0.05) is 25.1 Å². The first-order valence-electron chi connectivity index (χ1n) is 10.0. The van der Waals surface area contributed by atoms with Crippen molar-refractivity contribution in [1.29, 1.82) is 5.26 Å². The van der Waals surface area contributed by atoms with Gasteiger partial charge in [-0.15, -0.1) is 0 Å². The Kier molecular flexibility index (Phi) is 6.15. The van der Waals surface area contributed by atoms with E-state index in [4.69, 9.17) is 10.00 Å². The van der Waals surface area contributed by atoms with Gasteiger partial charge in [-0.1, -0.05) is 0 Å². The fraction of sp³-hybridized carbons (Fsp3) is 0.591. The average Bonchev–Trinajstić information content (AvgIpc) is 2.70. The molecule has 2 fully saturated rings. The molecule has 0 unspecified atom stereocenters. The first kappa shape index (κ1) is 19.4. The van der Waals surface area contributed by atoms with Crippen molar-refractivity contribution in [3.8, 4) is 6.07 Å². The van der Waals surface area contributed by atoms with Crippen LogP contribution in [-0.4, -0.2) is 36.5 Å². The van der Waals surface area contributed by atoms with Gasteiger partial charge in [-0.3, -0.25) is 9.59 Å². The predicted molar refractivity (Wildman–Crippen MR) is 102 cm³/mol. The molecule has 1 amide bonds. The molecule has 5 heteroatoms. The fourth-order valence-corrected chi connectivity index (χ4v) is 4.50. The lowest BCUT2D eigenvalue weighted by Gasteiger charge is -2.46. The number of benzene rings is 1. The molecule has 5 nitrogen and oxygen atoms in total. The normalized spacial score (nSPS) is 19.5. The molecule has 1 aliphatic carbocycles. The average molecular weight is 368 g/mol. The molecule has 0 bridgehead atoms. The Morgan fingerprint density at radius 2 is 1.78 bits per heavy atom. The van der Waals surface area contributed by atoms with E-state index in [0.29, 0.717) is 35.5 Å². The molecule has 2 aliphatic rings. The summed E-state index contributed by atoms with van der Waals surface area (Å²) in [6, 6.07) is 8.96. The highest BCUT2D eigenvalue weighted by atomic mass is 16.5. The molecule has 1 aromatic rings. The van der Waals surface area contributed by atoms with Crippen molar-refractivity contribution in [1.82, 2.24) is 4.90 Å². The van der Waals surface area contributed by atoms with Crippen LogP contribution in [0.5, 0.6) is 0 Å². The van der Waals surface area contributed by atoms with Crippen molar-refractivity contribution in [2.24, 2.45) is 11.3 Å². The first-order valence-corrected chi connectivity index (χ1v) is 10.0. The van der Waals surface area contributed by atoms with Crippen LogP contribution in [0, 0.1) is 22.7 Å². The van der Waals surface area contributed by atoms with Gasteiger partial charge in [-0.05, 0) is 81.0 Å². The monoisotopic (exact) mass is 368 g/mol. The van der Waals surface area contributed by atoms with Crippen LogP contribution in [0.2, 0.25) is 0 Å². The first-order chi connectivity index (χ1) is 13.0. The summed E-state index contributed by atoms with van der Waals surface area (Å²) in [5.74, 6) is 0.444. The molecule has 1 saturated heterocycles. The van der Waals surface area contributed by atoms with Gasteiger partial charge >= 0.3 is 5.97 Å². The Bertz CT molecular complexity index is 702. The van der Waals surface area contributed by atoms with Crippen LogP contribution >= 0.6 is 0 Å². The molecule has 1 aliphatic heterocycles. The van der Waals surface area contributed by atoms with Crippen molar-refractivity contribution < 1.29 is 14.3 Å². The Morgan fingerprint density at radius 1 is 1.15 bits per heavy atom. The van der Waals surface area contributed by atoms with E-state index in [1.165, 1.54) is 0 Å². The van der Waals surface area contributed by atoms with E-state index >= 15 is 0 Å². The minimum atomic E-state index is -0.0683. The number of ether oxygens (including phenoxy) is 1. The van der Waals surface area contributed by atoms with Crippen LogP contribution in [0.1, 0.15) is 67.8 Å². The van der Waals surface area contributed by atoms with Crippen LogP contribution < -0.4 is 0 Å². The molecule has 144 valence electrons. The Labute approximate surface area is 161 Å². The van der Waals surface area contributed by atoms with Gasteiger partial charge in [0.2, 0.25) is 0 Å². The van der Waals surface area contributed by atoms with E-state index < -0.39 is 0 Å². The zero-order valence-corrected chi connectivity index (χ0v) is 16.1. The minimum Gasteiger partial charge on any atom is -0.466 e. The lowest BCUT2D eigenvalue weighted by Crippen LogP contribution is -2.44. The smallest absolute Gasteiger partial charge is 0.306 e. The molecule has 27 heavy (non-hydrogen) atoms. The van der Waals surface area contributed by atoms with Crippen LogP contribution in [-0.2, 0) is 9.53 Å². The summed E-state index contributed by atoms with van der Waals surface area (Å²) in [6.45, 7) is 3.89. The topological polar surface area (TPSA) is 70.4 Å². The number of likely N-dealkylation sites (tertiary alicyclic amines) is 1. The Morgan fingerprint density at radius 3 is 2.33 bits per heavy atom. The van der Waals surface area contributed by atoms with E-state index in [1.807, 2.05) is 11.8 Å². The maximum atomic E-state index is 12.7. The van der Waals surface area contributed by atoms with Gasteiger partial charge in [0.1, 0.15) is 0 Å². The lowest BCUT2D eigenvalue weighted by molar-refractivity contribution is -0.144. The quantitative estimate of drug-likeness (QED) is 0.755. The molecule has 0 atom stereocenters. The molecular weight excluding hydrogens is 340 g/mol. The fourth-order valence-electron chi connectivity index (χ4n) is 4.50. The van der Waals surface area contributed by atoms with Gasteiger partial charge in [0.05, 0.1) is 18.2 Å². The summed E-state index contributed by atoms with van der Waals surface area (Å²) in [4.78, 5) is 26.3. The van der Waals surface area contributed by atoms with Crippen LogP contribution in [0.15, 0.2) is 24.3 Å². The van der Waals surface area contributed by atoms with Gasteiger partial charge < -0.3 is 9.64 Å². The zero-order chi connectivity index (χ0) is 19.3. The predicted octanol–water partition coefficient (Wildman–Crippen LogP) is 3.92. The summed E-state index contributed by atoms with van der Waals surface area (Å²) >= 11 is 0. The van der Waals surface area contributed by atoms with E-state index in [2.05, 4.69) is 6.07 Å². The molecule has 1 spiro atoms. The number of carbonyl (C=O) groups excluding carboxylic acids is 2. The standard InChI is InChI=1S/C22H28N2O3/c1-2-27-20(25)15-17-7-9-22(10-8-17)11-13-24(14-12-22)21(26)19-5-3-18(16-23)4-6-19/h3-6,17H,2,7-15H2,1H3. The van der Waals surface area contributed by atoms with Crippen molar-refractivity contribution >= 4 is 11.9 Å². The summed E-state index contributed by atoms with van der Waals surface area (Å²) in [5.41, 5.74) is 1.57. The number of carbonyl (C=O) groups is 2. The van der Waals surface area contributed by atoms with Crippen LogP contribution in [0.4, 0.5) is 0 Å². The summed E-state index contributed by atoms with van der Waals surface area (Å²) < 4.78 is 5.08. The number of hydrogen-bond acceptors (Lipinski definition) is 4. The second-order valence-electron chi connectivity index (χ2n) is 7.93. The van der Waals surface area contributed by atoms with E-state index in [1.54, 1.807) is 24.3 Å².